The first-order valence-electron chi connectivity index (χ1n) is 14.5. The molecule has 3 aromatic heterocycles. The zero-order valence-electron chi connectivity index (χ0n) is 24.4. The van der Waals surface area contributed by atoms with Crippen LogP contribution in [0.25, 0.3) is 27.8 Å². The molecule has 4 aromatic rings. The first-order chi connectivity index (χ1) is 20.0. The minimum atomic E-state index is -1.25. The van der Waals surface area contributed by atoms with Gasteiger partial charge in [-0.2, -0.15) is 4.98 Å². The molecule has 0 unspecified atom stereocenters. The lowest BCUT2D eigenvalue weighted by molar-refractivity contribution is -0.146. The topological polar surface area (TPSA) is 94.1 Å². The van der Waals surface area contributed by atoms with Crippen LogP contribution in [0.1, 0.15) is 19.8 Å². The van der Waals surface area contributed by atoms with Crippen LogP contribution < -0.4 is 4.90 Å². The molecular formula is C30H37Cl2N5O4Si. The number of imidazole rings is 1. The first kappa shape index (κ1) is 29.4. The van der Waals surface area contributed by atoms with Gasteiger partial charge in [-0.3, -0.25) is 9.20 Å². The van der Waals surface area contributed by atoms with Gasteiger partial charge >= 0.3 is 5.97 Å². The van der Waals surface area contributed by atoms with Crippen molar-refractivity contribution in [1.82, 2.24) is 18.9 Å². The van der Waals surface area contributed by atoms with Crippen molar-refractivity contribution in [3.05, 3.63) is 46.8 Å². The maximum Gasteiger partial charge on any atom is 0.309 e. The third-order valence-corrected chi connectivity index (χ3v) is 11.4. The number of rotatable bonds is 8. The Kier molecular flexibility index (Phi) is 7.80. The molecular weight excluding hydrogens is 593 g/mol. The normalized spacial score (nSPS) is 20.8. The summed E-state index contributed by atoms with van der Waals surface area (Å²) in [5.74, 6) is -0.503. The smallest absolute Gasteiger partial charge is 0.309 e. The van der Waals surface area contributed by atoms with Gasteiger partial charge in [0.25, 0.3) is 0 Å². The highest BCUT2D eigenvalue weighted by Crippen LogP contribution is 2.47. The van der Waals surface area contributed by atoms with E-state index in [9.17, 15) is 9.90 Å². The van der Waals surface area contributed by atoms with Crippen LogP contribution in [-0.2, 0) is 21.0 Å². The van der Waals surface area contributed by atoms with Crippen LogP contribution in [0, 0.1) is 11.3 Å². The van der Waals surface area contributed by atoms with Crippen molar-refractivity contribution in [2.24, 2.45) is 11.3 Å². The monoisotopic (exact) mass is 629 g/mol. The molecule has 5 heterocycles. The maximum atomic E-state index is 12.1. The van der Waals surface area contributed by atoms with E-state index in [0.717, 1.165) is 39.8 Å². The van der Waals surface area contributed by atoms with Crippen molar-refractivity contribution in [2.45, 2.75) is 58.3 Å². The average Bonchev–Trinajstić information content (AvgIpc) is 3.64. The van der Waals surface area contributed by atoms with Gasteiger partial charge in [0, 0.05) is 62.9 Å². The Morgan fingerprint density at radius 1 is 1.19 bits per heavy atom. The summed E-state index contributed by atoms with van der Waals surface area (Å²) in [6.45, 7) is 11.7. The van der Waals surface area contributed by atoms with Crippen molar-refractivity contribution in [3.63, 3.8) is 0 Å². The van der Waals surface area contributed by atoms with Crippen LogP contribution >= 0.6 is 23.2 Å². The molecule has 0 amide bonds. The zero-order valence-corrected chi connectivity index (χ0v) is 27.0. The molecule has 2 aliphatic heterocycles. The number of carboxylic acid groups (broad SMARTS) is 1. The Morgan fingerprint density at radius 2 is 1.95 bits per heavy atom. The lowest BCUT2D eigenvalue weighted by Gasteiger charge is -2.41. The fourth-order valence-corrected chi connectivity index (χ4v) is 7.67. The summed E-state index contributed by atoms with van der Waals surface area (Å²) in [6.07, 6.45) is 6.88. The number of nitrogens with zero attached hydrogens (tertiary/aromatic N) is 5. The van der Waals surface area contributed by atoms with Gasteiger partial charge < -0.3 is 24.0 Å². The molecule has 2 fully saturated rings. The molecule has 2 saturated heterocycles. The molecule has 0 bridgehead atoms. The van der Waals surface area contributed by atoms with Gasteiger partial charge in [0.15, 0.2) is 5.65 Å². The van der Waals surface area contributed by atoms with E-state index in [0.29, 0.717) is 55.9 Å². The highest BCUT2D eigenvalue weighted by atomic mass is 35.5. The van der Waals surface area contributed by atoms with Crippen molar-refractivity contribution in [2.75, 3.05) is 31.2 Å². The molecule has 1 spiro atoms. The van der Waals surface area contributed by atoms with Crippen LogP contribution in [0.2, 0.25) is 35.7 Å². The van der Waals surface area contributed by atoms with E-state index < -0.39 is 20.0 Å². The van der Waals surface area contributed by atoms with E-state index in [1.165, 1.54) is 0 Å². The Bertz CT molecular complexity index is 1640. The van der Waals surface area contributed by atoms with Gasteiger partial charge in [-0.1, -0.05) is 55.0 Å². The number of hydrogen-bond acceptors (Lipinski definition) is 6. The minimum absolute atomic E-state index is 0.287. The van der Waals surface area contributed by atoms with Crippen LogP contribution in [0.4, 0.5) is 5.95 Å². The van der Waals surface area contributed by atoms with Gasteiger partial charge in [-0.05, 0) is 31.9 Å². The number of benzene rings is 1. The Morgan fingerprint density at radius 3 is 2.67 bits per heavy atom. The summed E-state index contributed by atoms with van der Waals surface area (Å²) >= 11 is 13.2. The summed E-state index contributed by atoms with van der Waals surface area (Å²) in [6, 6.07) is 6.70. The van der Waals surface area contributed by atoms with E-state index >= 15 is 0 Å². The van der Waals surface area contributed by atoms with Crippen LogP contribution in [0.3, 0.4) is 0 Å². The number of hydrogen-bond donors (Lipinski definition) is 1. The molecule has 224 valence electrons. The van der Waals surface area contributed by atoms with E-state index in [1.807, 2.05) is 40.4 Å². The predicted octanol–water partition coefficient (Wildman–Crippen LogP) is 6.68. The van der Waals surface area contributed by atoms with Crippen LogP contribution in [0.15, 0.2) is 36.8 Å². The highest BCUT2D eigenvalue weighted by molar-refractivity contribution is 6.76. The Labute approximate surface area is 256 Å². The number of carboxylic acids is 1. The fraction of sp³-hybridized carbons (Fsp3) is 0.500. The molecule has 0 radical (unpaired) electrons. The summed E-state index contributed by atoms with van der Waals surface area (Å²) in [5.41, 5.74) is 2.86. The maximum absolute atomic E-state index is 12.1. The SMILES string of the molecule is C[C@@H]1OCC2(CCN(c3nc4c(c(-c5cccc(Cl)c5Cl)cn4COCC[Si](C)(C)C)c4nccn34)CC2)[C@@H]1C(=O)O. The summed E-state index contributed by atoms with van der Waals surface area (Å²) in [5, 5.41) is 11.8. The van der Waals surface area contributed by atoms with Crippen molar-refractivity contribution in [3.8, 4) is 11.1 Å². The highest BCUT2D eigenvalue weighted by Gasteiger charge is 2.53. The fourth-order valence-electron chi connectivity index (χ4n) is 6.51. The second-order valence-electron chi connectivity index (χ2n) is 12.9. The zero-order chi connectivity index (χ0) is 29.8. The Hall–Kier alpha value is -2.63. The quantitative estimate of drug-likeness (QED) is 0.172. The molecule has 6 rings (SSSR count). The predicted molar refractivity (Wildman–Crippen MR) is 168 cm³/mol. The average molecular weight is 631 g/mol. The van der Waals surface area contributed by atoms with Gasteiger partial charge in [-0.25, -0.2) is 4.98 Å². The second-order valence-corrected chi connectivity index (χ2v) is 19.3. The lowest BCUT2D eigenvalue weighted by atomic mass is 9.69. The van der Waals surface area contributed by atoms with Crippen molar-refractivity contribution in [1.29, 1.82) is 0 Å². The number of halogens is 2. The standard InChI is InChI=1S/C30H37Cl2N5O4Si/c1-19-24(28(38)39)30(17-41-19)8-11-35(12-9-30)29-34-27-23(26-33-10-13-37(26)29)21(20-6-5-7-22(31)25(20)32)16-36(27)18-40-14-15-42(2,3)4/h5-7,10,13,16,19,24H,8-9,11-12,14-15,17-18H2,1-4H3,(H,38,39)/t19-,24-/m0/s1. The third-order valence-electron chi connectivity index (χ3n) is 8.88. The molecule has 1 N–H and O–H groups in total. The number of aliphatic carboxylic acids is 1. The van der Waals surface area contributed by atoms with E-state index in [4.69, 9.17) is 42.6 Å². The molecule has 0 aliphatic carbocycles. The van der Waals surface area contributed by atoms with E-state index in [-0.39, 0.29) is 11.5 Å². The molecule has 9 nitrogen and oxygen atoms in total. The number of anilines is 1. The number of aromatic nitrogens is 4. The molecule has 12 heteroatoms. The molecule has 2 aliphatic rings. The minimum Gasteiger partial charge on any atom is -0.481 e. The van der Waals surface area contributed by atoms with E-state index in [2.05, 4.69) is 24.5 Å². The molecule has 0 saturated carbocycles. The van der Waals surface area contributed by atoms with Gasteiger partial charge in [0.05, 0.1) is 34.1 Å². The Balaban J connectivity index is 1.41. The first-order valence-corrected chi connectivity index (χ1v) is 18.9. The summed E-state index contributed by atoms with van der Waals surface area (Å²) < 4.78 is 16.1. The largest absolute Gasteiger partial charge is 0.481 e. The van der Waals surface area contributed by atoms with Crippen molar-refractivity contribution < 1.29 is 19.4 Å². The third kappa shape index (κ3) is 5.21. The lowest BCUT2D eigenvalue weighted by Crippen LogP contribution is -2.47. The number of carbonyl (C=O) groups is 1. The van der Waals surface area contributed by atoms with Crippen molar-refractivity contribution >= 4 is 59.9 Å². The van der Waals surface area contributed by atoms with Gasteiger partial charge in [0.1, 0.15) is 12.4 Å². The van der Waals surface area contributed by atoms with Crippen LogP contribution in [-0.4, -0.2) is 70.5 Å². The summed E-state index contributed by atoms with van der Waals surface area (Å²) in [4.78, 5) is 24.4. The second kappa shape index (κ2) is 11.1. The number of fused-ring (bicyclic) bond motifs is 3. The van der Waals surface area contributed by atoms with Gasteiger partial charge in [-0.15, -0.1) is 0 Å². The van der Waals surface area contributed by atoms with Crippen LogP contribution in [0.5, 0.6) is 0 Å². The van der Waals surface area contributed by atoms with Gasteiger partial charge in [0.2, 0.25) is 5.95 Å². The van der Waals surface area contributed by atoms with E-state index in [1.54, 1.807) is 12.3 Å². The number of ether oxygens (including phenoxy) is 2. The molecule has 42 heavy (non-hydrogen) atoms. The summed E-state index contributed by atoms with van der Waals surface area (Å²) in [7, 11) is -1.25. The molecule has 1 aromatic carbocycles. The number of piperidine rings is 1. The molecule has 2 atom stereocenters.